The zero-order valence-corrected chi connectivity index (χ0v) is 21.2. The second-order valence-electron chi connectivity index (χ2n) is 9.30. The number of aliphatic hydroxyl groups is 1. The van der Waals surface area contributed by atoms with Gasteiger partial charge in [0.05, 0.1) is 21.8 Å². The van der Waals surface area contributed by atoms with Crippen molar-refractivity contribution in [2.24, 2.45) is 0 Å². The lowest BCUT2D eigenvalue weighted by Gasteiger charge is -2.23. The molecule has 1 unspecified atom stereocenters. The molecular weight excluding hydrogens is 456 g/mol. The summed E-state index contributed by atoms with van der Waals surface area (Å²) in [6, 6.07) is 16.7. The molecule has 35 heavy (non-hydrogen) atoms. The van der Waals surface area contributed by atoms with Crippen molar-refractivity contribution in [3.05, 3.63) is 99.1 Å². The molecule has 1 saturated heterocycles. The summed E-state index contributed by atoms with van der Waals surface area (Å²) in [5.74, 6) is -1.55. The highest BCUT2D eigenvalue weighted by Gasteiger charge is 2.48. The van der Waals surface area contributed by atoms with Gasteiger partial charge in [-0.1, -0.05) is 58.9 Å². The molecule has 5 nitrogen and oxygen atoms in total. The Morgan fingerprint density at radius 1 is 0.886 bits per heavy atom. The zero-order valence-electron chi connectivity index (χ0n) is 20.3. The Kier molecular flexibility index (Phi) is 5.56. The number of hydrogen-bond donors (Lipinski definition) is 1. The molecule has 0 radical (unpaired) electrons. The van der Waals surface area contributed by atoms with E-state index in [4.69, 9.17) is 4.98 Å². The highest BCUT2D eigenvalue weighted by atomic mass is 32.1. The fraction of sp³-hybridized carbons (Fsp3) is 0.207. The van der Waals surface area contributed by atoms with Crippen LogP contribution in [0.5, 0.6) is 0 Å². The second-order valence-corrected chi connectivity index (χ2v) is 10.3. The minimum Gasteiger partial charge on any atom is -0.507 e. The highest BCUT2D eigenvalue weighted by Crippen LogP contribution is 2.45. The SMILES string of the molecule is Cc1cccc(C2/C(=C(\O)c3cc(C)ccc3C)C(=O)C(=O)N2c2nc3cc(C)c(C)cc3s2)c1. The van der Waals surface area contributed by atoms with Crippen molar-refractivity contribution in [1.82, 2.24) is 4.98 Å². The lowest BCUT2D eigenvalue weighted by Crippen LogP contribution is -2.29. The van der Waals surface area contributed by atoms with Crippen molar-refractivity contribution in [3.8, 4) is 0 Å². The fourth-order valence-electron chi connectivity index (χ4n) is 4.59. The Bertz CT molecular complexity index is 1520. The quantitative estimate of drug-likeness (QED) is 0.207. The predicted octanol–water partition coefficient (Wildman–Crippen LogP) is 6.46. The number of aryl methyl sites for hydroxylation is 5. The molecule has 176 valence electrons. The third kappa shape index (κ3) is 3.84. The van der Waals surface area contributed by atoms with Crippen molar-refractivity contribution in [2.75, 3.05) is 4.90 Å². The van der Waals surface area contributed by atoms with Gasteiger partial charge in [-0.25, -0.2) is 4.98 Å². The number of Topliss-reactive ketones (excluding diaryl/α,β-unsaturated/α-hetero) is 1. The van der Waals surface area contributed by atoms with Crippen LogP contribution in [0.15, 0.2) is 60.2 Å². The summed E-state index contributed by atoms with van der Waals surface area (Å²) in [6.45, 7) is 9.83. The third-order valence-corrected chi connectivity index (χ3v) is 7.67. The van der Waals surface area contributed by atoms with Crippen molar-refractivity contribution in [3.63, 3.8) is 0 Å². The molecule has 2 heterocycles. The minimum absolute atomic E-state index is 0.0842. The molecule has 0 aliphatic carbocycles. The normalized spacial score (nSPS) is 17.5. The highest BCUT2D eigenvalue weighted by molar-refractivity contribution is 7.22. The van der Waals surface area contributed by atoms with Crippen LogP contribution in [-0.2, 0) is 9.59 Å². The lowest BCUT2D eigenvalue weighted by atomic mass is 9.93. The van der Waals surface area contributed by atoms with E-state index >= 15 is 0 Å². The smallest absolute Gasteiger partial charge is 0.301 e. The maximum atomic E-state index is 13.5. The topological polar surface area (TPSA) is 70.5 Å². The molecule has 1 aromatic heterocycles. The first-order valence-corrected chi connectivity index (χ1v) is 12.3. The molecule has 1 aliphatic heterocycles. The Labute approximate surface area is 208 Å². The van der Waals surface area contributed by atoms with E-state index in [0.717, 1.165) is 43.6 Å². The molecule has 3 aromatic carbocycles. The molecule has 0 bridgehead atoms. The molecule has 6 heteroatoms. The van der Waals surface area contributed by atoms with Crippen molar-refractivity contribution in [2.45, 2.75) is 40.7 Å². The molecule has 0 spiro atoms. The summed E-state index contributed by atoms with van der Waals surface area (Å²) >= 11 is 1.38. The van der Waals surface area contributed by atoms with Crippen LogP contribution in [0.2, 0.25) is 0 Å². The Balaban J connectivity index is 1.77. The van der Waals surface area contributed by atoms with E-state index in [2.05, 4.69) is 6.07 Å². The number of carbonyl (C=O) groups excluding carboxylic acids is 2. The first kappa shape index (κ1) is 23.0. The number of hydrogen-bond acceptors (Lipinski definition) is 5. The van der Waals surface area contributed by atoms with Crippen LogP contribution in [0, 0.1) is 34.6 Å². The van der Waals surface area contributed by atoms with Gasteiger partial charge in [0.2, 0.25) is 0 Å². The number of rotatable bonds is 3. The Morgan fingerprint density at radius 3 is 2.34 bits per heavy atom. The monoisotopic (exact) mass is 482 g/mol. The van der Waals surface area contributed by atoms with Gasteiger partial charge >= 0.3 is 5.91 Å². The molecule has 1 N–H and O–H groups in total. The molecular formula is C29H26N2O3S. The molecule has 1 fully saturated rings. The maximum absolute atomic E-state index is 13.5. The molecule has 4 aromatic rings. The summed E-state index contributed by atoms with van der Waals surface area (Å²) in [4.78, 5) is 33.1. The minimum atomic E-state index is -0.780. The summed E-state index contributed by atoms with van der Waals surface area (Å²) in [7, 11) is 0. The third-order valence-electron chi connectivity index (χ3n) is 6.65. The van der Waals surface area contributed by atoms with E-state index in [0.29, 0.717) is 10.7 Å². The molecule has 1 amide bonds. The lowest BCUT2D eigenvalue weighted by molar-refractivity contribution is -0.132. The first-order valence-electron chi connectivity index (χ1n) is 11.5. The molecule has 1 aliphatic rings. The van der Waals surface area contributed by atoms with Gasteiger partial charge in [-0.15, -0.1) is 0 Å². The number of fused-ring (bicyclic) bond motifs is 1. The number of aromatic nitrogens is 1. The van der Waals surface area contributed by atoms with Crippen LogP contribution in [0.1, 0.15) is 45.0 Å². The summed E-state index contributed by atoms with van der Waals surface area (Å²) in [6.07, 6.45) is 0. The van der Waals surface area contributed by atoms with Crippen molar-refractivity contribution < 1.29 is 14.7 Å². The fourth-order valence-corrected chi connectivity index (χ4v) is 5.66. The van der Waals surface area contributed by atoms with Crippen LogP contribution in [-0.4, -0.2) is 21.8 Å². The van der Waals surface area contributed by atoms with Gasteiger partial charge in [0, 0.05) is 5.56 Å². The van der Waals surface area contributed by atoms with Gasteiger partial charge in [-0.3, -0.25) is 14.5 Å². The molecule has 5 rings (SSSR count). The number of aliphatic hydroxyl groups excluding tert-OH is 1. The van der Waals surface area contributed by atoms with Gasteiger partial charge in [-0.2, -0.15) is 0 Å². The van der Waals surface area contributed by atoms with Crippen LogP contribution >= 0.6 is 11.3 Å². The number of amides is 1. The standard InChI is InChI=1S/C29H26N2O3S/c1-15-7-6-8-20(11-15)25-24(26(32)21-12-16(2)9-10-17(21)3)27(33)28(34)31(25)29-30-22-13-18(4)19(5)14-23(22)35-29/h6-14,25,32H,1-5H3/b26-24+. The van der Waals surface area contributed by atoms with Crippen molar-refractivity contribution in [1.29, 1.82) is 0 Å². The Hall–Kier alpha value is -3.77. The maximum Gasteiger partial charge on any atom is 0.301 e. The van der Waals surface area contributed by atoms with E-state index < -0.39 is 17.7 Å². The number of nitrogens with zero attached hydrogens (tertiary/aromatic N) is 2. The average molecular weight is 483 g/mol. The van der Waals surface area contributed by atoms with Gasteiger partial charge in [0.25, 0.3) is 5.78 Å². The second kappa shape index (κ2) is 8.47. The molecule has 1 atom stereocenters. The largest absolute Gasteiger partial charge is 0.507 e. The number of thiazole rings is 1. The van der Waals surface area contributed by atoms with E-state index in [1.165, 1.54) is 16.2 Å². The summed E-state index contributed by atoms with van der Waals surface area (Å²) in [5.41, 5.74) is 7.20. The van der Waals surface area contributed by atoms with Crippen LogP contribution in [0.3, 0.4) is 0 Å². The van der Waals surface area contributed by atoms with E-state index in [-0.39, 0.29) is 11.3 Å². The van der Waals surface area contributed by atoms with E-state index in [1.54, 1.807) is 0 Å². The number of carbonyl (C=O) groups is 2. The zero-order chi connectivity index (χ0) is 25.0. The molecule has 0 saturated carbocycles. The van der Waals surface area contributed by atoms with Gasteiger partial charge < -0.3 is 5.11 Å². The summed E-state index contributed by atoms with van der Waals surface area (Å²) in [5, 5.41) is 11.9. The van der Waals surface area contributed by atoms with Crippen molar-refractivity contribution >= 4 is 44.1 Å². The average Bonchev–Trinajstić information content (AvgIpc) is 3.33. The summed E-state index contributed by atoms with van der Waals surface area (Å²) < 4.78 is 0.947. The van der Waals surface area contributed by atoms with Gasteiger partial charge in [0.1, 0.15) is 5.76 Å². The predicted molar refractivity (Wildman–Crippen MR) is 141 cm³/mol. The van der Waals surface area contributed by atoms with Crippen LogP contribution < -0.4 is 4.90 Å². The first-order chi connectivity index (χ1) is 16.7. The number of benzene rings is 3. The van der Waals surface area contributed by atoms with Crippen LogP contribution in [0.25, 0.3) is 16.0 Å². The number of anilines is 1. The van der Waals surface area contributed by atoms with Gasteiger partial charge in [-0.05, 0) is 75.1 Å². The number of ketones is 1. The van der Waals surface area contributed by atoms with Crippen LogP contribution in [0.4, 0.5) is 5.13 Å². The van der Waals surface area contributed by atoms with Gasteiger partial charge in [0.15, 0.2) is 5.13 Å². The Morgan fingerprint density at radius 2 is 1.60 bits per heavy atom. The van der Waals surface area contributed by atoms with E-state index in [9.17, 15) is 14.7 Å². The van der Waals surface area contributed by atoms with E-state index in [1.807, 2.05) is 83.1 Å².